The van der Waals surface area contributed by atoms with Gasteiger partial charge in [-0.25, -0.2) is 0 Å². The predicted octanol–water partition coefficient (Wildman–Crippen LogP) is 5.70. The Kier molecular flexibility index (Phi) is 5.57. The summed E-state index contributed by atoms with van der Waals surface area (Å²) < 4.78 is 12.2. The van der Waals surface area contributed by atoms with Gasteiger partial charge in [0.05, 0.1) is 13.2 Å². The van der Waals surface area contributed by atoms with Gasteiger partial charge in [0.2, 0.25) is 0 Å². The smallest absolute Gasteiger partial charge is 0.192 e. The fourth-order valence-corrected chi connectivity index (χ4v) is 6.46. The second kappa shape index (κ2) is 7.14. The van der Waals surface area contributed by atoms with Gasteiger partial charge in [0, 0.05) is 12.0 Å². The van der Waals surface area contributed by atoms with E-state index in [1.165, 1.54) is 11.1 Å². The molecular weight excluding hydrogens is 364 g/mol. The lowest BCUT2D eigenvalue weighted by atomic mass is 9.49. The van der Waals surface area contributed by atoms with Gasteiger partial charge in [-0.15, -0.1) is 0 Å². The lowest BCUT2D eigenvalue weighted by Gasteiger charge is -2.58. The molecular formula is C24H40O3Si. The van der Waals surface area contributed by atoms with Gasteiger partial charge in [0.1, 0.15) is 5.75 Å². The van der Waals surface area contributed by atoms with Gasteiger partial charge in [-0.2, -0.15) is 0 Å². The Bertz CT molecular complexity index is 723. The van der Waals surface area contributed by atoms with Crippen LogP contribution in [-0.4, -0.2) is 33.2 Å². The second-order valence-corrected chi connectivity index (χ2v) is 16.0. The van der Waals surface area contributed by atoms with Crippen molar-refractivity contribution in [1.29, 1.82) is 0 Å². The highest BCUT2D eigenvalue weighted by atomic mass is 28.4. The van der Waals surface area contributed by atoms with E-state index in [0.717, 1.165) is 31.4 Å². The number of rotatable bonds is 4. The minimum Gasteiger partial charge on any atom is -0.497 e. The number of fused-ring (bicyclic) bond motifs is 3. The second-order valence-electron chi connectivity index (χ2n) is 11.1. The summed E-state index contributed by atoms with van der Waals surface area (Å²) in [6.45, 7) is 16.8. The fraction of sp³-hybridized carbons (Fsp3) is 0.750. The number of aliphatic hydroxyl groups is 1. The number of benzene rings is 1. The molecule has 4 heteroatoms. The third-order valence-corrected chi connectivity index (χ3v) is 12.9. The quantitative estimate of drug-likeness (QED) is 0.654. The molecule has 1 saturated carbocycles. The Labute approximate surface area is 173 Å². The summed E-state index contributed by atoms with van der Waals surface area (Å²) >= 11 is 0. The Morgan fingerprint density at radius 3 is 2.46 bits per heavy atom. The first-order valence-electron chi connectivity index (χ1n) is 10.8. The van der Waals surface area contributed by atoms with Crippen LogP contribution in [0.3, 0.4) is 0 Å². The summed E-state index contributed by atoms with van der Waals surface area (Å²) in [7, 11) is -0.122. The molecule has 3 rings (SSSR count). The molecule has 1 fully saturated rings. The van der Waals surface area contributed by atoms with Crippen molar-refractivity contribution in [2.24, 2.45) is 11.3 Å². The van der Waals surface area contributed by atoms with Crippen LogP contribution in [0.15, 0.2) is 18.2 Å². The minimum absolute atomic E-state index is 0.0624. The molecule has 2 aliphatic carbocycles. The molecule has 0 bridgehead atoms. The molecule has 0 aliphatic heterocycles. The third-order valence-electron chi connectivity index (χ3n) is 8.45. The summed E-state index contributed by atoms with van der Waals surface area (Å²) in [5.41, 5.74) is 2.72. The van der Waals surface area contributed by atoms with E-state index in [4.69, 9.17) is 9.16 Å². The van der Waals surface area contributed by atoms with Crippen LogP contribution in [0.2, 0.25) is 18.1 Å². The molecule has 0 spiro atoms. The molecule has 1 aromatic carbocycles. The van der Waals surface area contributed by atoms with Gasteiger partial charge in [-0.1, -0.05) is 40.7 Å². The molecule has 1 N–H and O–H groups in total. The largest absolute Gasteiger partial charge is 0.497 e. The maximum Gasteiger partial charge on any atom is 0.192 e. The van der Waals surface area contributed by atoms with Gasteiger partial charge >= 0.3 is 0 Å². The first-order chi connectivity index (χ1) is 12.8. The van der Waals surface area contributed by atoms with Crippen molar-refractivity contribution >= 4 is 8.32 Å². The summed E-state index contributed by atoms with van der Waals surface area (Å²) in [6.07, 6.45) is 3.74. The zero-order chi connectivity index (χ0) is 21.0. The van der Waals surface area contributed by atoms with Crippen LogP contribution in [0.25, 0.3) is 0 Å². The van der Waals surface area contributed by atoms with Crippen LogP contribution in [0, 0.1) is 11.3 Å². The van der Waals surface area contributed by atoms with E-state index in [1.807, 2.05) is 0 Å². The van der Waals surface area contributed by atoms with Gasteiger partial charge in [-0.05, 0) is 78.4 Å². The lowest BCUT2D eigenvalue weighted by molar-refractivity contribution is -0.107. The fourth-order valence-electron chi connectivity index (χ4n) is 5.35. The maximum atomic E-state index is 11.1. The summed E-state index contributed by atoms with van der Waals surface area (Å²) in [5, 5.41) is 11.3. The van der Waals surface area contributed by atoms with Crippen LogP contribution in [0.1, 0.15) is 65.0 Å². The summed E-state index contributed by atoms with van der Waals surface area (Å²) in [5.74, 6) is 1.35. The zero-order valence-corrected chi connectivity index (χ0v) is 20.2. The van der Waals surface area contributed by atoms with E-state index in [1.54, 1.807) is 7.11 Å². The molecule has 1 aromatic rings. The number of methoxy groups -OCH3 is 1. The number of aliphatic hydroxyl groups excluding tert-OH is 1. The van der Waals surface area contributed by atoms with Gasteiger partial charge in [0.15, 0.2) is 8.32 Å². The molecule has 4 atom stereocenters. The minimum atomic E-state index is -1.86. The predicted molar refractivity (Wildman–Crippen MR) is 119 cm³/mol. The molecule has 0 radical (unpaired) electrons. The van der Waals surface area contributed by atoms with Crippen molar-refractivity contribution < 1.29 is 14.3 Å². The number of hydrogen-bond donors (Lipinski definition) is 1. The Hall–Kier alpha value is -0.843. The number of ether oxygens (including phenoxy) is 1. The molecule has 0 unspecified atom stereocenters. The third kappa shape index (κ3) is 3.46. The number of aryl methyl sites for hydroxylation is 1. The molecule has 158 valence electrons. The Morgan fingerprint density at radius 2 is 1.86 bits per heavy atom. The molecule has 2 aliphatic rings. The lowest BCUT2D eigenvalue weighted by Crippen LogP contribution is -2.58. The molecule has 0 aromatic heterocycles. The Balaban J connectivity index is 1.95. The highest BCUT2D eigenvalue weighted by Gasteiger charge is 2.56. The monoisotopic (exact) mass is 404 g/mol. The number of hydrogen-bond acceptors (Lipinski definition) is 3. The van der Waals surface area contributed by atoms with Crippen LogP contribution in [0.4, 0.5) is 0 Å². The van der Waals surface area contributed by atoms with Crippen LogP contribution < -0.4 is 4.74 Å². The maximum absolute atomic E-state index is 11.1. The molecule has 0 amide bonds. The standard InChI is InChI=1S/C24H40O3Si/c1-22(2,3)28(7,8)27-16-24(5)20-12-10-17-9-11-18(26-6)15-19(17)23(20,4)14-13-21(24)25/h9,11,15,20-21,25H,10,12-14,16H2,1-8H3/t20-,21+,23-,24-/m1/s1. The van der Waals surface area contributed by atoms with Gasteiger partial charge in [0.25, 0.3) is 0 Å². The highest BCUT2D eigenvalue weighted by Crippen LogP contribution is 2.58. The first-order valence-corrected chi connectivity index (χ1v) is 13.8. The summed E-state index contributed by atoms with van der Waals surface area (Å²) in [4.78, 5) is 0. The van der Waals surface area contributed by atoms with E-state index in [2.05, 4.69) is 65.9 Å². The van der Waals surface area contributed by atoms with E-state index in [-0.39, 0.29) is 22.0 Å². The Morgan fingerprint density at radius 1 is 1.18 bits per heavy atom. The molecule has 3 nitrogen and oxygen atoms in total. The van der Waals surface area contributed by atoms with Crippen molar-refractivity contribution in [3.63, 3.8) is 0 Å². The van der Waals surface area contributed by atoms with E-state index in [0.29, 0.717) is 12.5 Å². The van der Waals surface area contributed by atoms with Crippen molar-refractivity contribution in [2.75, 3.05) is 13.7 Å². The van der Waals surface area contributed by atoms with Crippen molar-refractivity contribution in [3.8, 4) is 5.75 Å². The van der Waals surface area contributed by atoms with Crippen molar-refractivity contribution in [2.45, 2.75) is 90.0 Å². The van der Waals surface area contributed by atoms with Gasteiger partial charge < -0.3 is 14.3 Å². The SMILES string of the molecule is COc1ccc2c(c1)[C@@]1(C)CC[C@H](O)[C@](C)(CO[Si](C)(C)C(C)(C)C)[C@@H]1CC2. The van der Waals surface area contributed by atoms with Crippen molar-refractivity contribution in [3.05, 3.63) is 29.3 Å². The average Bonchev–Trinajstić information content (AvgIpc) is 2.62. The first kappa shape index (κ1) is 21.9. The normalized spacial score (nSPS) is 33.2. The van der Waals surface area contributed by atoms with Crippen molar-refractivity contribution in [1.82, 2.24) is 0 Å². The zero-order valence-electron chi connectivity index (χ0n) is 19.2. The summed E-state index contributed by atoms with van der Waals surface area (Å²) in [6, 6.07) is 6.57. The molecule has 0 heterocycles. The van der Waals surface area contributed by atoms with Crippen LogP contribution in [0.5, 0.6) is 5.75 Å². The highest BCUT2D eigenvalue weighted by molar-refractivity contribution is 6.74. The molecule has 28 heavy (non-hydrogen) atoms. The van der Waals surface area contributed by atoms with E-state index >= 15 is 0 Å². The van der Waals surface area contributed by atoms with E-state index < -0.39 is 8.32 Å². The van der Waals surface area contributed by atoms with Gasteiger partial charge in [-0.3, -0.25) is 0 Å². The molecule has 0 saturated heterocycles. The average molecular weight is 405 g/mol. The van der Waals surface area contributed by atoms with E-state index in [9.17, 15) is 5.11 Å². The van der Waals surface area contributed by atoms with Crippen LogP contribution >= 0.6 is 0 Å². The topological polar surface area (TPSA) is 38.7 Å². The van der Waals surface area contributed by atoms with Crippen LogP contribution in [-0.2, 0) is 16.3 Å².